The van der Waals surface area contributed by atoms with Crippen LogP contribution >= 0.6 is 26.9 Å². The molecule has 3 amide bonds. The van der Waals surface area contributed by atoms with Gasteiger partial charge in [0, 0.05) is 74.1 Å². The fraction of sp³-hybridized carbons (Fsp3) is 0.944. The smallest absolute Gasteiger partial charge is 0.324 e. The molecule has 99 heavy (non-hydrogen) atoms. The molecule has 19 atom stereocenters. The lowest BCUT2D eigenvalue weighted by Crippen LogP contribution is -2.64. The molecule has 3 aliphatic heterocycles. The Morgan fingerprint density at radius 1 is 0.364 bits per heavy atom. The zero-order valence-corrected chi connectivity index (χ0v) is 62.7. The van der Waals surface area contributed by atoms with Crippen molar-refractivity contribution in [2.75, 3.05) is 146 Å². The summed E-state index contributed by atoms with van der Waals surface area (Å²) in [5.41, 5.74) is -1.04. The third-order valence-corrected chi connectivity index (χ3v) is 21.3. The second kappa shape index (κ2) is 49.7. The molecular weight excluding hydrogens is 1490 g/mol. The van der Waals surface area contributed by atoms with Crippen LogP contribution in [0.1, 0.15) is 85.0 Å². The number of aliphatic hydroxyl groups is 9. The summed E-state index contributed by atoms with van der Waals surface area (Å²) in [6.45, 7) is -12.8. The van der Waals surface area contributed by atoms with Gasteiger partial charge in [-0.15, -0.1) is 0 Å². The Hall–Kier alpha value is -0.230. The fourth-order valence-corrected chi connectivity index (χ4v) is 13.9. The summed E-state index contributed by atoms with van der Waals surface area (Å²) in [6.07, 6.45) is -12.9. The van der Waals surface area contributed by atoms with E-state index in [-0.39, 0.29) is 145 Å². The number of unbranched alkanes of at least 4 members (excludes halogenated alkanes) is 3. The van der Waals surface area contributed by atoms with Gasteiger partial charge in [-0.2, -0.15) is 0 Å². The summed E-state index contributed by atoms with van der Waals surface area (Å²) in [5, 5.41) is 98.5. The maximum atomic E-state index is 11.8. The van der Waals surface area contributed by atoms with Crippen LogP contribution in [-0.2, 0) is 145 Å². The van der Waals surface area contributed by atoms with Gasteiger partial charge in [-0.1, -0.05) is 0 Å². The van der Waals surface area contributed by atoms with E-state index in [0.29, 0.717) is 38.5 Å². The minimum atomic E-state index is -3.73. The molecule has 3 heterocycles. The molecule has 10 unspecified atom stereocenters. The topological polar surface area (TPSA) is 516 Å². The van der Waals surface area contributed by atoms with Crippen molar-refractivity contribution in [3.05, 3.63) is 0 Å². The highest BCUT2D eigenvalue weighted by Crippen LogP contribution is 2.46. The van der Waals surface area contributed by atoms with Crippen LogP contribution in [0.2, 0.25) is 0 Å². The Bertz CT molecular complexity index is 2250. The van der Waals surface area contributed by atoms with Crippen LogP contribution < -0.4 is 16.0 Å². The van der Waals surface area contributed by atoms with E-state index < -0.39 is 162 Å². The molecular formula is C54H105N3O34P4S4. The molecule has 37 nitrogen and oxygen atoms in total. The molecule has 0 aromatic rings. The monoisotopic (exact) mass is 1590 g/mol. The van der Waals surface area contributed by atoms with Crippen LogP contribution in [0.4, 0.5) is 0 Å². The van der Waals surface area contributed by atoms with Crippen molar-refractivity contribution in [1.82, 2.24) is 16.0 Å². The normalized spacial score (nSPS) is 29.0. The average molecular weight is 1590 g/mol. The molecule has 0 bridgehead atoms. The van der Waals surface area contributed by atoms with Crippen molar-refractivity contribution in [1.29, 1.82) is 0 Å². The zero-order valence-electron chi connectivity index (χ0n) is 55.9. The number of nitrogens with one attached hydrogen (secondary N) is 3. The van der Waals surface area contributed by atoms with Crippen molar-refractivity contribution >= 4 is 91.8 Å². The van der Waals surface area contributed by atoms with Crippen LogP contribution in [0.25, 0.3) is 0 Å². The van der Waals surface area contributed by atoms with Crippen LogP contribution in [0.5, 0.6) is 0 Å². The number of hydrogen-bond donors (Lipinski definition) is 16. The van der Waals surface area contributed by atoms with Crippen LogP contribution in [0, 0.1) is 5.41 Å². The lowest BCUT2D eigenvalue weighted by atomic mass is 9.92. The molecule has 16 N–H and O–H groups in total. The van der Waals surface area contributed by atoms with E-state index in [1.165, 1.54) is 27.9 Å². The maximum Gasteiger partial charge on any atom is 0.324 e. The summed E-state index contributed by atoms with van der Waals surface area (Å²) < 4.78 is 102. The molecule has 0 spiro atoms. The molecule has 0 saturated carbocycles. The van der Waals surface area contributed by atoms with Gasteiger partial charge in [0.05, 0.1) is 97.9 Å². The minimum Gasteiger partial charge on any atom is -0.394 e. The van der Waals surface area contributed by atoms with E-state index in [2.05, 4.69) is 16.0 Å². The first-order valence-electron chi connectivity index (χ1n) is 32.1. The van der Waals surface area contributed by atoms with Crippen molar-refractivity contribution in [2.45, 2.75) is 177 Å². The number of carbonyl (C=O) groups excluding carboxylic acids is 3. The first-order chi connectivity index (χ1) is 46.8. The number of amides is 3. The number of ether oxygens (including phenoxy) is 10. The van der Waals surface area contributed by atoms with Crippen molar-refractivity contribution < 1.29 is 163 Å². The summed E-state index contributed by atoms with van der Waals surface area (Å²) in [4.78, 5) is 77.7. The Morgan fingerprint density at radius 2 is 0.586 bits per heavy atom. The van der Waals surface area contributed by atoms with E-state index in [0.717, 1.165) is 0 Å². The average Bonchev–Trinajstić information content (AvgIpc) is 0.822. The second-order valence-corrected chi connectivity index (χ2v) is 34.5. The van der Waals surface area contributed by atoms with Crippen molar-refractivity contribution in [2.24, 2.45) is 5.41 Å². The number of hydrogen-bond acceptors (Lipinski definition) is 34. The molecule has 0 aromatic heterocycles. The second-order valence-electron chi connectivity index (χ2n) is 23.0. The fourth-order valence-electron chi connectivity index (χ4n) is 9.52. The molecule has 0 aliphatic carbocycles. The zero-order chi connectivity index (χ0) is 73.7. The van der Waals surface area contributed by atoms with E-state index in [9.17, 15) is 79.9 Å². The SMILES string of the molecule is COP(O)(=S)OCCCOCC(COCCCOP(O)(=S)OCCCCO[C@@H]1OC(CO)[C@H](O)[C@H](O)C1NC(C)=O)(COCCCOP(O)(=S)OCCCCO[C@@H]1OC(CO)[C@H](O)[C@H](O)C1NC(C)=O)COCCCOP(O)(=S)OCCCCO[C@@H]1OC(CO)[C@H](O)[C@H](O)C1NC(C)=O. The van der Waals surface area contributed by atoms with Gasteiger partial charge in [0.25, 0.3) is 0 Å². The van der Waals surface area contributed by atoms with Crippen LogP contribution in [0.3, 0.4) is 0 Å². The highest BCUT2D eigenvalue weighted by atomic mass is 32.5. The Labute approximate surface area is 596 Å². The van der Waals surface area contributed by atoms with Gasteiger partial charge in [-0.3, -0.25) is 14.4 Å². The molecule has 3 saturated heterocycles. The standard InChI is InChI=1S/C54H105N3O34P4S4/c1-36(61)55-42-48(67)45(64)39(29-58)89-51(42)79-19-5-8-22-83-93(71,97)86-26-12-16-76-33-54(32-75-15-11-25-82-92(70,96)74-4,34-77-17-13-27-87-94(72,98)84-23-9-6-20-80-52-43(56-37(2)62)49(68)46(65)40(30-59)90-52)35-78-18-14-28-88-95(73,99)85-24-10-7-21-81-53-44(57-38(3)63)50(69)47(66)41(31-60)91-53/h39-53,58-60,64-69H,5-35H2,1-4H3,(H,55,61)(H,56,62)(H,57,63)(H,70,96)(H,71,97)(H,72,98)(H,73,99)/t39?,40?,41?,42?,43?,44?,45-,46-,47-,48+,49+,50+,51+,52+,53+,54?,92?,93?,94?,95?/m0/s1. The largest absolute Gasteiger partial charge is 0.394 e. The Balaban J connectivity index is 1.58. The summed E-state index contributed by atoms with van der Waals surface area (Å²) >= 11 is 20.6. The molecule has 0 radical (unpaired) electrons. The first kappa shape index (κ1) is 93.0. The van der Waals surface area contributed by atoms with Gasteiger partial charge < -0.3 is 165 Å². The van der Waals surface area contributed by atoms with Gasteiger partial charge >= 0.3 is 26.9 Å². The summed E-state index contributed by atoms with van der Waals surface area (Å²) in [5.74, 6) is -1.51. The van der Waals surface area contributed by atoms with Crippen LogP contribution in [0.15, 0.2) is 0 Å². The Kier molecular flexibility index (Phi) is 46.6. The van der Waals surface area contributed by atoms with Gasteiger partial charge in [-0.05, 0) is 111 Å². The molecule has 3 fully saturated rings. The first-order valence-corrected chi connectivity index (χ1v) is 42.4. The van der Waals surface area contributed by atoms with E-state index >= 15 is 0 Å². The molecule has 0 aromatic carbocycles. The molecule has 3 rings (SSSR count). The van der Waals surface area contributed by atoms with Crippen molar-refractivity contribution in [3.63, 3.8) is 0 Å². The lowest BCUT2D eigenvalue weighted by molar-refractivity contribution is -0.270. The van der Waals surface area contributed by atoms with Gasteiger partial charge in [0.15, 0.2) is 18.9 Å². The predicted molar refractivity (Wildman–Crippen MR) is 361 cm³/mol. The Morgan fingerprint density at radius 3 is 0.808 bits per heavy atom. The summed E-state index contributed by atoms with van der Waals surface area (Å²) in [7, 11) is 1.23. The van der Waals surface area contributed by atoms with E-state index in [1.54, 1.807) is 0 Å². The number of rotatable bonds is 56. The maximum absolute atomic E-state index is 11.8. The lowest BCUT2D eigenvalue weighted by Gasteiger charge is -2.42. The van der Waals surface area contributed by atoms with E-state index in [1.807, 2.05) is 0 Å². The molecule has 3 aliphatic rings. The van der Waals surface area contributed by atoms with E-state index in [4.69, 9.17) is 131 Å². The quantitative estimate of drug-likeness (QED) is 0.0220. The molecule has 45 heteroatoms. The number of aliphatic hydroxyl groups excluding tert-OH is 9. The predicted octanol–water partition coefficient (Wildman–Crippen LogP) is -2.55. The van der Waals surface area contributed by atoms with Crippen LogP contribution in [-0.4, -0.2) is 321 Å². The van der Waals surface area contributed by atoms with Gasteiger partial charge in [0.1, 0.15) is 73.1 Å². The third kappa shape index (κ3) is 37.4. The van der Waals surface area contributed by atoms with Gasteiger partial charge in [-0.25, -0.2) is 0 Å². The highest BCUT2D eigenvalue weighted by Gasteiger charge is 2.48. The summed E-state index contributed by atoms with van der Waals surface area (Å²) in [6, 6.07) is -3.34. The molecule has 584 valence electrons. The number of carbonyl (C=O) groups is 3. The minimum absolute atomic E-state index is 0.00608. The van der Waals surface area contributed by atoms with Gasteiger partial charge in [0.2, 0.25) is 17.7 Å². The highest BCUT2D eigenvalue weighted by molar-refractivity contribution is 8.08. The van der Waals surface area contributed by atoms with Crippen molar-refractivity contribution in [3.8, 4) is 0 Å². The third-order valence-electron chi connectivity index (χ3n) is 14.6.